The average molecular weight is 323 g/mol. The molecule has 0 aliphatic carbocycles. The van der Waals surface area contributed by atoms with Crippen molar-refractivity contribution in [1.29, 1.82) is 0 Å². The van der Waals surface area contributed by atoms with Crippen molar-refractivity contribution in [3.05, 3.63) is 27.1 Å². The molecule has 0 saturated carbocycles. The van der Waals surface area contributed by atoms with Crippen LogP contribution in [0.25, 0.3) is 0 Å². The van der Waals surface area contributed by atoms with Gasteiger partial charge in [-0.3, -0.25) is 4.79 Å². The van der Waals surface area contributed by atoms with Gasteiger partial charge in [-0.2, -0.15) is 0 Å². The Balaban J connectivity index is 2.82. The fraction of sp³-hybridized carbons (Fsp3) is 0.222. The normalized spacial score (nSPS) is 12.2. The fourth-order valence-electron chi connectivity index (χ4n) is 0.902. The molecule has 0 heterocycles. The molecule has 1 aromatic rings. The smallest absolute Gasteiger partial charge is 0.325 e. The van der Waals surface area contributed by atoms with E-state index in [-0.39, 0.29) is 0 Å². The zero-order chi connectivity index (χ0) is 10.7. The second-order valence-corrected chi connectivity index (χ2v) is 4.60. The SMILES string of the molecule is CC(Nc1ccc(Br)cc1Br)C(=O)O. The molecule has 0 saturated heterocycles. The van der Waals surface area contributed by atoms with Gasteiger partial charge in [-0.1, -0.05) is 15.9 Å². The van der Waals surface area contributed by atoms with Crippen molar-refractivity contribution in [1.82, 2.24) is 0 Å². The number of aliphatic carboxylic acids is 1. The van der Waals surface area contributed by atoms with Gasteiger partial charge in [0.1, 0.15) is 6.04 Å². The van der Waals surface area contributed by atoms with E-state index in [9.17, 15) is 4.79 Å². The van der Waals surface area contributed by atoms with Gasteiger partial charge in [-0.25, -0.2) is 0 Å². The summed E-state index contributed by atoms with van der Waals surface area (Å²) in [5.41, 5.74) is 0.767. The molecule has 76 valence electrons. The fourth-order valence-corrected chi connectivity index (χ4v) is 2.06. The van der Waals surface area contributed by atoms with E-state index in [1.807, 2.05) is 18.2 Å². The summed E-state index contributed by atoms with van der Waals surface area (Å²) in [5, 5.41) is 11.6. The summed E-state index contributed by atoms with van der Waals surface area (Å²) in [6.45, 7) is 1.59. The maximum absolute atomic E-state index is 10.6. The second-order valence-electron chi connectivity index (χ2n) is 2.83. The highest BCUT2D eigenvalue weighted by atomic mass is 79.9. The number of carbonyl (C=O) groups is 1. The van der Waals surface area contributed by atoms with Crippen LogP contribution in [0.3, 0.4) is 0 Å². The number of hydrogen-bond donors (Lipinski definition) is 2. The van der Waals surface area contributed by atoms with E-state index in [4.69, 9.17) is 5.11 Å². The van der Waals surface area contributed by atoms with Crippen LogP contribution in [0.5, 0.6) is 0 Å². The van der Waals surface area contributed by atoms with Crippen LogP contribution in [0, 0.1) is 0 Å². The Bertz CT molecular complexity index is 355. The highest BCUT2D eigenvalue weighted by molar-refractivity contribution is 9.11. The minimum Gasteiger partial charge on any atom is -0.480 e. The Morgan fingerprint density at radius 2 is 2.14 bits per heavy atom. The van der Waals surface area contributed by atoms with E-state index in [1.165, 1.54) is 0 Å². The van der Waals surface area contributed by atoms with Crippen molar-refractivity contribution in [2.45, 2.75) is 13.0 Å². The van der Waals surface area contributed by atoms with Crippen molar-refractivity contribution in [2.24, 2.45) is 0 Å². The summed E-state index contributed by atoms with van der Waals surface area (Å²) in [4.78, 5) is 10.6. The Labute approximate surface area is 98.8 Å². The third kappa shape index (κ3) is 2.99. The first-order chi connectivity index (χ1) is 6.50. The van der Waals surface area contributed by atoms with E-state index in [1.54, 1.807) is 6.92 Å². The van der Waals surface area contributed by atoms with Crippen molar-refractivity contribution in [2.75, 3.05) is 5.32 Å². The maximum Gasteiger partial charge on any atom is 0.325 e. The van der Waals surface area contributed by atoms with Crippen LogP contribution in [0.15, 0.2) is 27.1 Å². The van der Waals surface area contributed by atoms with Crippen molar-refractivity contribution in [3.63, 3.8) is 0 Å². The second kappa shape index (κ2) is 4.79. The van der Waals surface area contributed by atoms with Crippen LogP contribution in [0.1, 0.15) is 6.92 Å². The molecule has 3 nitrogen and oxygen atoms in total. The molecule has 5 heteroatoms. The molecule has 1 unspecified atom stereocenters. The Morgan fingerprint density at radius 1 is 1.50 bits per heavy atom. The molecular weight excluding hydrogens is 314 g/mol. The molecule has 14 heavy (non-hydrogen) atoms. The van der Waals surface area contributed by atoms with E-state index >= 15 is 0 Å². The van der Waals surface area contributed by atoms with E-state index in [0.29, 0.717) is 0 Å². The standard InChI is InChI=1S/C9H9Br2NO2/c1-5(9(13)14)12-8-3-2-6(10)4-7(8)11/h2-5,12H,1H3,(H,13,14). The van der Waals surface area contributed by atoms with Gasteiger partial charge in [0.05, 0.1) is 0 Å². The first-order valence-corrected chi connectivity index (χ1v) is 5.53. The van der Waals surface area contributed by atoms with Crippen LogP contribution in [-0.4, -0.2) is 17.1 Å². The number of carboxylic acid groups (broad SMARTS) is 1. The lowest BCUT2D eigenvalue weighted by molar-refractivity contribution is -0.137. The summed E-state index contributed by atoms with van der Waals surface area (Å²) < 4.78 is 1.78. The molecule has 1 atom stereocenters. The summed E-state index contributed by atoms with van der Waals surface area (Å²) >= 11 is 6.66. The van der Waals surface area contributed by atoms with Crippen LogP contribution in [0.2, 0.25) is 0 Å². The maximum atomic E-state index is 10.6. The average Bonchev–Trinajstić information content (AvgIpc) is 2.09. The van der Waals surface area contributed by atoms with Crippen LogP contribution in [-0.2, 0) is 4.79 Å². The Kier molecular flexibility index (Phi) is 3.95. The van der Waals surface area contributed by atoms with Gasteiger partial charge in [0.25, 0.3) is 0 Å². The first kappa shape index (κ1) is 11.5. The number of benzene rings is 1. The lowest BCUT2D eigenvalue weighted by atomic mass is 10.3. The van der Waals surface area contributed by atoms with Gasteiger partial charge in [0.2, 0.25) is 0 Å². The third-order valence-corrected chi connectivity index (χ3v) is 2.82. The summed E-state index contributed by atoms with van der Waals surface area (Å²) in [7, 11) is 0. The zero-order valence-electron chi connectivity index (χ0n) is 7.42. The lowest BCUT2D eigenvalue weighted by Crippen LogP contribution is -2.25. The molecular formula is C9H9Br2NO2. The predicted molar refractivity (Wildman–Crippen MR) is 62.6 cm³/mol. The predicted octanol–water partition coefficient (Wildman–Crippen LogP) is 3.10. The number of hydrogen-bond acceptors (Lipinski definition) is 2. The summed E-state index contributed by atoms with van der Waals surface area (Å²) in [6, 6.07) is 4.92. The van der Waals surface area contributed by atoms with Crippen LogP contribution in [0.4, 0.5) is 5.69 Å². The molecule has 0 aromatic heterocycles. The number of halogens is 2. The molecule has 0 amide bonds. The number of anilines is 1. The molecule has 0 fully saturated rings. The van der Waals surface area contributed by atoms with Crippen molar-refractivity contribution < 1.29 is 9.90 Å². The quantitative estimate of drug-likeness (QED) is 0.899. The van der Waals surface area contributed by atoms with E-state index in [2.05, 4.69) is 37.2 Å². The van der Waals surface area contributed by atoms with Crippen molar-refractivity contribution in [3.8, 4) is 0 Å². The molecule has 2 N–H and O–H groups in total. The van der Waals surface area contributed by atoms with Gasteiger partial charge in [0, 0.05) is 14.6 Å². The van der Waals surface area contributed by atoms with Crippen LogP contribution < -0.4 is 5.32 Å². The van der Waals surface area contributed by atoms with Gasteiger partial charge in [0.15, 0.2) is 0 Å². The topological polar surface area (TPSA) is 49.3 Å². The van der Waals surface area contributed by atoms with Gasteiger partial charge >= 0.3 is 5.97 Å². The minimum absolute atomic E-state index is 0.604. The van der Waals surface area contributed by atoms with Gasteiger partial charge in [-0.05, 0) is 41.1 Å². The van der Waals surface area contributed by atoms with Crippen molar-refractivity contribution >= 4 is 43.5 Å². The highest BCUT2D eigenvalue weighted by Gasteiger charge is 2.11. The zero-order valence-corrected chi connectivity index (χ0v) is 10.6. The van der Waals surface area contributed by atoms with Crippen LogP contribution >= 0.6 is 31.9 Å². The number of nitrogens with one attached hydrogen (secondary N) is 1. The number of carboxylic acids is 1. The third-order valence-electron chi connectivity index (χ3n) is 1.67. The van der Waals surface area contributed by atoms with E-state index in [0.717, 1.165) is 14.6 Å². The highest BCUT2D eigenvalue weighted by Crippen LogP contribution is 2.26. The van der Waals surface area contributed by atoms with Gasteiger partial charge in [-0.15, -0.1) is 0 Å². The first-order valence-electron chi connectivity index (χ1n) is 3.95. The van der Waals surface area contributed by atoms with E-state index < -0.39 is 12.0 Å². The van der Waals surface area contributed by atoms with Gasteiger partial charge < -0.3 is 10.4 Å². The largest absolute Gasteiger partial charge is 0.480 e. The monoisotopic (exact) mass is 321 g/mol. The molecule has 0 spiro atoms. The summed E-state index contributed by atoms with van der Waals surface area (Å²) in [5.74, 6) is -0.875. The molecule has 0 bridgehead atoms. The Morgan fingerprint density at radius 3 is 2.64 bits per heavy atom. The molecule has 0 aliphatic rings. The number of rotatable bonds is 3. The molecule has 0 radical (unpaired) electrons. The molecule has 0 aliphatic heterocycles. The minimum atomic E-state index is -0.875. The Hall–Kier alpha value is -0.550. The molecule has 1 rings (SSSR count). The summed E-state index contributed by atoms with van der Waals surface area (Å²) in [6.07, 6.45) is 0. The molecule has 1 aromatic carbocycles. The lowest BCUT2D eigenvalue weighted by Gasteiger charge is -2.12.